The summed E-state index contributed by atoms with van der Waals surface area (Å²) in [5.41, 5.74) is 0.121. The predicted octanol–water partition coefficient (Wildman–Crippen LogP) is 8.05. The third-order valence-electron chi connectivity index (χ3n) is 8.52. The first-order chi connectivity index (χ1) is 29.0. The molecule has 3 fully saturated rings. The number of hydrogen-bond donors (Lipinski definition) is 0. The Morgan fingerprint density at radius 3 is 1.71 bits per heavy atom. The SMILES string of the molecule is COOC/C=C(\COOC)[Si](C)(C)C.COOCC(C#N)C1SCCS1.CS/C=C(/C)S(C)(=O)=O.C[Si](C)(C)C(=C1C(=O)CCC1=O)[Si](C)(C)C.[C-]#[N+]C(C1OCCS1)S(C)(=O)=O. The van der Waals surface area contributed by atoms with Crippen molar-refractivity contribution in [2.75, 3.05) is 83.8 Å². The molecule has 3 aliphatic rings. The molecule has 364 valence electrons. The van der Waals surface area contributed by atoms with Crippen LogP contribution in [0.4, 0.5) is 0 Å². The molecule has 2 aliphatic heterocycles. The molecule has 3 unspecified atom stereocenters. The third kappa shape index (κ3) is 27.6. The van der Waals surface area contributed by atoms with Crippen LogP contribution in [-0.2, 0) is 63.3 Å². The van der Waals surface area contributed by atoms with Crippen LogP contribution in [0.2, 0.25) is 58.9 Å². The molecule has 0 N–H and O–H groups in total. The number of carbonyl (C=O) groups is 2. The Labute approximate surface area is 398 Å². The summed E-state index contributed by atoms with van der Waals surface area (Å²) in [5.74, 6) is 3.20. The lowest BCUT2D eigenvalue weighted by Crippen LogP contribution is -2.42. The van der Waals surface area contributed by atoms with E-state index in [0.29, 0.717) is 54.3 Å². The molecule has 1 aliphatic carbocycles. The molecular weight excluding hydrogens is 981 g/mol. The zero-order valence-corrected chi connectivity index (χ0v) is 47.9. The van der Waals surface area contributed by atoms with E-state index in [-0.39, 0.29) is 17.5 Å². The van der Waals surface area contributed by atoms with Gasteiger partial charge in [-0.05, 0) is 18.6 Å². The van der Waals surface area contributed by atoms with Crippen molar-refractivity contribution in [1.82, 2.24) is 0 Å². The standard InChI is InChI=1S/C12H22O2Si2.C9H20O4Si.C7H11NO2S2.C6H9NO3S2.C5H10O2S2/c1-15(2,3)12(16(4,5)6)11-9(13)7-8-10(11)14;1-10-12-7-6-9(8-13-11-2)14(3,4)5;1-9-10-5-6(4-8)7-11-2-3-12-7;1-7-5(12(2,8)9)6-10-3-4-11-6;1-5(4-8-2)9(3,6)7/h7-8H2,1-6H3;6H,7-8H2,1-5H3;6-7H,2-3,5H2,1H3;5-6H,3-4H2,2H3;4H,1-3H3/b;9-6+;;;5-4-. The van der Waals surface area contributed by atoms with Crippen LogP contribution in [-0.4, -0.2) is 152 Å². The normalized spacial score (nSPS) is 18.6. The van der Waals surface area contributed by atoms with Crippen molar-refractivity contribution < 1.29 is 60.5 Å². The van der Waals surface area contributed by atoms with E-state index in [1.807, 2.05) is 35.9 Å². The van der Waals surface area contributed by atoms with Gasteiger partial charge in [0.05, 0.1) is 87.5 Å². The lowest BCUT2D eigenvalue weighted by atomic mass is 10.2. The van der Waals surface area contributed by atoms with Crippen LogP contribution in [0.5, 0.6) is 0 Å². The highest BCUT2D eigenvalue weighted by Crippen LogP contribution is 2.37. The summed E-state index contributed by atoms with van der Waals surface area (Å²) in [4.78, 5) is 56.6. The van der Waals surface area contributed by atoms with E-state index in [9.17, 15) is 26.4 Å². The molecule has 1 saturated carbocycles. The fraction of sp³-hybridized carbons (Fsp3) is 0.744. The van der Waals surface area contributed by atoms with E-state index < -0.39 is 54.7 Å². The number of rotatable bonds is 17. The van der Waals surface area contributed by atoms with Crippen molar-refractivity contribution in [2.45, 2.75) is 94.1 Å². The van der Waals surface area contributed by atoms with E-state index >= 15 is 0 Å². The zero-order valence-electron chi connectivity index (χ0n) is 40.0. The van der Waals surface area contributed by atoms with Gasteiger partial charge in [-0.25, -0.2) is 52.7 Å². The van der Waals surface area contributed by atoms with Gasteiger partial charge >= 0.3 is 5.37 Å². The zero-order chi connectivity index (χ0) is 49.2. The molecule has 0 spiro atoms. The van der Waals surface area contributed by atoms with Crippen LogP contribution >= 0.6 is 47.0 Å². The fourth-order valence-corrected chi connectivity index (χ4v) is 24.6. The average molecular weight is 1050 g/mol. The van der Waals surface area contributed by atoms with Gasteiger partial charge in [-0.1, -0.05) is 75.0 Å². The van der Waals surface area contributed by atoms with Crippen LogP contribution in [0.15, 0.2) is 32.0 Å². The van der Waals surface area contributed by atoms with Gasteiger partial charge < -0.3 is 4.74 Å². The largest absolute Gasteiger partial charge is 0.357 e. The van der Waals surface area contributed by atoms with Gasteiger partial charge in [-0.15, -0.1) is 47.0 Å². The highest BCUT2D eigenvalue weighted by atomic mass is 32.2. The van der Waals surface area contributed by atoms with Crippen molar-refractivity contribution in [3.05, 3.63) is 43.4 Å². The summed E-state index contributed by atoms with van der Waals surface area (Å²) in [6.07, 6.45) is 6.97. The van der Waals surface area contributed by atoms with Crippen molar-refractivity contribution in [1.29, 1.82) is 5.26 Å². The molecule has 0 radical (unpaired) electrons. The summed E-state index contributed by atoms with van der Waals surface area (Å²) in [6.45, 7) is 30.4. The number of nitrogens with zero attached hydrogens (tertiary/aromatic N) is 2. The van der Waals surface area contributed by atoms with E-state index in [4.69, 9.17) is 31.2 Å². The summed E-state index contributed by atoms with van der Waals surface area (Å²) in [7, 11) is -6.26. The molecule has 24 heteroatoms. The smallest absolute Gasteiger partial charge is 0.354 e. The topological polar surface area (TPSA) is 195 Å². The molecule has 2 saturated heterocycles. The molecule has 3 rings (SSSR count). The molecule has 0 aromatic carbocycles. The average Bonchev–Trinajstić information content (AvgIpc) is 3.95. The van der Waals surface area contributed by atoms with E-state index in [1.165, 1.54) is 61.1 Å². The Balaban J connectivity index is 0. The number of hydrogen-bond acceptors (Lipinski definition) is 18. The Hall–Kier alpha value is -0.789. The molecule has 63 heavy (non-hydrogen) atoms. The van der Waals surface area contributed by atoms with Gasteiger partial charge in [0, 0.05) is 47.5 Å². The van der Waals surface area contributed by atoms with Crippen LogP contribution in [0.25, 0.3) is 4.85 Å². The summed E-state index contributed by atoms with van der Waals surface area (Å²) < 4.78 is 48.8. The van der Waals surface area contributed by atoms with Crippen molar-refractivity contribution in [3.63, 3.8) is 0 Å². The van der Waals surface area contributed by atoms with E-state index in [2.05, 4.69) is 84.5 Å². The first kappa shape index (κ1) is 64.3. The second-order valence-electron chi connectivity index (χ2n) is 16.9. The van der Waals surface area contributed by atoms with Crippen molar-refractivity contribution in [3.8, 4) is 6.07 Å². The van der Waals surface area contributed by atoms with Gasteiger partial charge in [-0.2, -0.15) is 5.26 Å². The minimum Gasteiger partial charge on any atom is -0.357 e. The lowest BCUT2D eigenvalue weighted by Gasteiger charge is -2.32. The van der Waals surface area contributed by atoms with Gasteiger partial charge in [0.1, 0.15) is 6.61 Å². The molecular formula is C39H72N2O13S6Si3. The monoisotopic (exact) mass is 1050 g/mol. The quantitative estimate of drug-likeness (QED) is 0.0258. The number of allylic oxidation sites excluding steroid dienone is 2. The summed E-state index contributed by atoms with van der Waals surface area (Å²) >= 11 is 6.44. The molecule has 0 aromatic rings. The highest BCUT2D eigenvalue weighted by molar-refractivity contribution is 8.20. The van der Waals surface area contributed by atoms with Crippen LogP contribution in [0, 0.1) is 23.8 Å². The summed E-state index contributed by atoms with van der Waals surface area (Å²) in [6, 6.07) is 2.23. The third-order valence-corrected chi connectivity index (χ3v) is 26.6. The Morgan fingerprint density at radius 1 is 0.873 bits per heavy atom. The number of thioether (sulfide) groups is 4. The minimum atomic E-state index is -3.30. The first-order valence-electron chi connectivity index (χ1n) is 19.8. The van der Waals surface area contributed by atoms with Gasteiger partial charge in [-0.3, -0.25) is 14.4 Å². The number of sulfone groups is 2. The Kier molecular flexibility index (Phi) is 32.7. The molecule has 0 aromatic heterocycles. The van der Waals surface area contributed by atoms with E-state index in [1.54, 1.807) is 12.3 Å². The lowest BCUT2D eigenvalue weighted by molar-refractivity contribution is -0.276. The first-order valence-corrected chi connectivity index (χ1v) is 38.6. The van der Waals surface area contributed by atoms with Crippen LogP contribution in [0.1, 0.15) is 19.8 Å². The minimum absolute atomic E-state index is 0.0533. The highest BCUT2D eigenvalue weighted by Gasteiger charge is 2.41. The van der Waals surface area contributed by atoms with E-state index in [0.717, 1.165) is 23.5 Å². The number of ether oxygens (including phenoxy) is 1. The fourth-order valence-electron chi connectivity index (χ4n) is 5.77. The number of carbonyl (C=O) groups excluding carboxylic acids is 2. The maximum Gasteiger partial charge on any atom is 0.354 e. The van der Waals surface area contributed by atoms with Gasteiger partial charge in [0.2, 0.25) is 9.84 Å². The van der Waals surface area contributed by atoms with Gasteiger partial charge in [0.25, 0.3) is 0 Å². The Bertz CT molecular complexity index is 1770. The number of Topliss-reactive ketones (excluding diaryl/α,β-unsaturated/α-hetero) is 2. The number of ketones is 2. The van der Waals surface area contributed by atoms with Gasteiger partial charge in [0.15, 0.2) is 26.8 Å². The molecule has 15 nitrogen and oxygen atoms in total. The Morgan fingerprint density at radius 2 is 1.38 bits per heavy atom. The molecule has 0 amide bonds. The van der Waals surface area contributed by atoms with Crippen LogP contribution in [0.3, 0.4) is 0 Å². The summed E-state index contributed by atoms with van der Waals surface area (Å²) in [5, 5.41) is 10.6. The maximum atomic E-state index is 11.9. The molecule has 2 heterocycles. The second-order valence-corrected chi connectivity index (χ2v) is 41.6. The molecule has 3 atom stereocenters. The molecule has 0 bridgehead atoms. The number of nitriles is 1. The predicted molar refractivity (Wildman–Crippen MR) is 271 cm³/mol. The second kappa shape index (κ2) is 32.0. The van der Waals surface area contributed by atoms with Crippen LogP contribution < -0.4 is 0 Å². The maximum absolute atomic E-state index is 11.9. The van der Waals surface area contributed by atoms with Crippen molar-refractivity contribution in [2.24, 2.45) is 5.92 Å². The van der Waals surface area contributed by atoms with Crippen molar-refractivity contribution >= 4 is 103 Å².